The van der Waals surface area contributed by atoms with Crippen molar-refractivity contribution in [3.8, 4) is 0 Å². The van der Waals surface area contributed by atoms with Crippen LogP contribution in [-0.2, 0) is 9.53 Å². The number of nitrogens with one attached hydrogen (secondary N) is 1. The fourth-order valence-electron chi connectivity index (χ4n) is 1.72. The van der Waals surface area contributed by atoms with E-state index in [4.69, 9.17) is 5.73 Å². The summed E-state index contributed by atoms with van der Waals surface area (Å²) in [4.78, 5) is 11.4. The number of rotatable bonds is 7. The predicted octanol–water partition coefficient (Wildman–Crippen LogP) is 1.87. The van der Waals surface area contributed by atoms with E-state index in [1.165, 1.54) is 0 Å². The normalized spacial score (nSPS) is 14.7. The van der Waals surface area contributed by atoms with Crippen LogP contribution in [0.5, 0.6) is 0 Å². The molecule has 116 valence electrons. The third-order valence-electron chi connectivity index (χ3n) is 2.25. The van der Waals surface area contributed by atoms with E-state index in [1.807, 2.05) is 13.8 Å². The Balaban J connectivity index is 0. The van der Waals surface area contributed by atoms with E-state index in [2.05, 4.69) is 10.1 Å². The molecule has 0 aliphatic heterocycles. The van der Waals surface area contributed by atoms with E-state index in [0.29, 0.717) is 12.3 Å². The molecule has 4 nitrogen and oxygen atoms in total. The zero-order chi connectivity index (χ0) is 14.4. The highest BCUT2D eigenvalue weighted by Gasteiger charge is 2.29. The number of hydrogen-bond donors (Lipinski definition) is 2. The Bertz CT molecular complexity index is 275. The summed E-state index contributed by atoms with van der Waals surface area (Å²) in [6, 6.07) is 0. The summed E-state index contributed by atoms with van der Waals surface area (Å²) in [5, 5.41) is 2.60. The summed E-state index contributed by atoms with van der Waals surface area (Å²) in [6.07, 6.45) is -3.77. The lowest BCUT2D eigenvalue weighted by Crippen LogP contribution is -2.53. The van der Waals surface area contributed by atoms with Crippen LogP contribution in [0.4, 0.5) is 13.2 Å². The topological polar surface area (TPSA) is 64.3 Å². The zero-order valence-corrected chi connectivity index (χ0v) is 12.2. The third kappa shape index (κ3) is 11.0. The van der Waals surface area contributed by atoms with Gasteiger partial charge in [-0.3, -0.25) is 4.79 Å². The first kappa shape index (κ1) is 20.8. The second kappa shape index (κ2) is 8.60. The predicted molar refractivity (Wildman–Crippen MR) is 69.2 cm³/mol. The Labute approximate surface area is 117 Å². The van der Waals surface area contributed by atoms with Crippen LogP contribution in [0.1, 0.15) is 27.2 Å². The highest BCUT2D eigenvalue weighted by atomic mass is 35.5. The largest absolute Gasteiger partial charge is 0.411 e. The van der Waals surface area contributed by atoms with Gasteiger partial charge in [-0.1, -0.05) is 13.8 Å². The summed E-state index contributed by atoms with van der Waals surface area (Å²) in [7, 11) is 0. The first-order valence-corrected chi connectivity index (χ1v) is 5.73. The molecule has 0 aromatic rings. The van der Waals surface area contributed by atoms with Crippen LogP contribution in [0.25, 0.3) is 0 Å². The first-order valence-electron chi connectivity index (χ1n) is 5.73. The average Bonchev–Trinajstić information content (AvgIpc) is 2.13. The summed E-state index contributed by atoms with van der Waals surface area (Å²) in [5.74, 6) is -0.275. The average molecular weight is 307 g/mol. The van der Waals surface area contributed by atoms with Gasteiger partial charge in [0.05, 0.1) is 0 Å². The van der Waals surface area contributed by atoms with Crippen LogP contribution in [0, 0.1) is 5.92 Å². The Morgan fingerprint density at radius 1 is 1.37 bits per heavy atom. The lowest BCUT2D eigenvalue weighted by atomic mass is 9.91. The molecule has 3 N–H and O–H groups in total. The van der Waals surface area contributed by atoms with Gasteiger partial charge in [0.15, 0.2) is 0 Å². The van der Waals surface area contributed by atoms with Crippen molar-refractivity contribution in [2.45, 2.75) is 38.9 Å². The van der Waals surface area contributed by atoms with Gasteiger partial charge in [0.2, 0.25) is 5.91 Å². The Morgan fingerprint density at radius 3 is 2.26 bits per heavy atom. The second-order valence-electron chi connectivity index (χ2n) is 5.02. The quantitative estimate of drug-likeness (QED) is 0.754. The monoisotopic (exact) mass is 306 g/mol. The molecule has 0 aromatic carbocycles. The van der Waals surface area contributed by atoms with Crippen molar-refractivity contribution in [2.75, 3.05) is 19.8 Å². The van der Waals surface area contributed by atoms with Gasteiger partial charge in [0.1, 0.15) is 13.2 Å². The van der Waals surface area contributed by atoms with E-state index >= 15 is 0 Å². The lowest BCUT2D eigenvalue weighted by molar-refractivity contribution is -0.176. The van der Waals surface area contributed by atoms with E-state index < -0.39 is 30.8 Å². The number of hydrogen-bond acceptors (Lipinski definition) is 3. The Hall–Kier alpha value is -0.530. The van der Waals surface area contributed by atoms with Crippen molar-refractivity contribution in [3.63, 3.8) is 0 Å². The van der Waals surface area contributed by atoms with Gasteiger partial charge in [-0.15, -0.1) is 12.4 Å². The third-order valence-corrected chi connectivity index (χ3v) is 2.25. The summed E-state index contributed by atoms with van der Waals surface area (Å²) >= 11 is 0. The molecule has 0 fully saturated rings. The molecule has 0 aliphatic rings. The molecular formula is C11H22ClF3N2O2. The molecule has 0 heterocycles. The lowest BCUT2D eigenvalue weighted by Gasteiger charge is -2.31. The van der Waals surface area contributed by atoms with Gasteiger partial charge in [0, 0.05) is 12.1 Å². The number of carbonyl (C=O) groups excluding carboxylic acids is 1. The summed E-state index contributed by atoms with van der Waals surface area (Å²) in [6.45, 7) is 3.88. The van der Waals surface area contributed by atoms with Crippen molar-refractivity contribution in [3.05, 3.63) is 0 Å². The minimum atomic E-state index is -4.42. The molecule has 0 aromatic heterocycles. The van der Waals surface area contributed by atoms with Crippen LogP contribution >= 0.6 is 12.4 Å². The number of carbonyl (C=O) groups is 1. The molecule has 1 unspecified atom stereocenters. The molecule has 8 heteroatoms. The standard InChI is InChI=1S/C11H21F3N2O2.ClH/c1-8(2)4-10(3,6-15)16-9(17)5-18-7-11(12,13)14;/h8H,4-7,15H2,1-3H3,(H,16,17);1H. The van der Waals surface area contributed by atoms with Crippen molar-refractivity contribution in [1.29, 1.82) is 0 Å². The van der Waals surface area contributed by atoms with Gasteiger partial charge in [-0.2, -0.15) is 13.2 Å². The van der Waals surface area contributed by atoms with Crippen molar-refractivity contribution >= 4 is 18.3 Å². The SMILES string of the molecule is CC(C)CC(C)(CN)NC(=O)COCC(F)(F)F.Cl. The van der Waals surface area contributed by atoms with Gasteiger partial charge in [-0.05, 0) is 19.3 Å². The van der Waals surface area contributed by atoms with Crippen molar-refractivity contribution in [1.82, 2.24) is 5.32 Å². The van der Waals surface area contributed by atoms with Gasteiger partial charge >= 0.3 is 6.18 Å². The Morgan fingerprint density at radius 2 is 1.89 bits per heavy atom. The van der Waals surface area contributed by atoms with Gasteiger partial charge in [-0.25, -0.2) is 0 Å². The minimum absolute atomic E-state index is 0. The smallest absolute Gasteiger partial charge is 0.362 e. The van der Waals surface area contributed by atoms with Crippen molar-refractivity contribution in [2.24, 2.45) is 11.7 Å². The number of alkyl halides is 3. The van der Waals surface area contributed by atoms with E-state index in [1.54, 1.807) is 6.92 Å². The van der Waals surface area contributed by atoms with Gasteiger partial charge < -0.3 is 15.8 Å². The highest BCUT2D eigenvalue weighted by molar-refractivity contribution is 5.85. The fourth-order valence-corrected chi connectivity index (χ4v) is 1.72. The molecule has 1 atom stereocenters. The number of ether oxygens (including phenoxy) is 1. The van der Waals surface area contributed by atoms with Gasteiger partial charge in [0.25, 0.3) is 0 Å². The summed E-state index contributed by atoms with van der Waals surface area (Å²) < 4.78 is 39.7. The van der Waals surface area contributed by atoms with Crippen LogP contribution < -0.4 is 11.1 Å². The number of nitrogens with two attached hydrogens (primary N) is 1. The maximum atomic E-state index is 11.8. The molecule has 0 aliphatic carbocycles. The van der Waals surface area contributed by atoms with Crippen LogP contribution in [0.15, 0.2) is 0 Å². The van der Waals surface area contributed by atoms with Crippen LogP contribution in [-0.4, -0.2) is 37.4 Å². The molecule has 0 saturated carbocycles. The molecule has 19 heavy (non-hydrogen) atoms. The minimum Gasteiger partial charge on any atom is -0.362 e. The summed E-state index contributed by atoms with van der Waals surface area (Å²) in [5.41, 5.74) is 4.95. The molecule has 0 bridgehead atoms. The maximum Gasteiger partial charge on any atom is 0.411 e. The van der Waals surface area contributed by atoms with E-state index in [-0.39, 0.29) is 19.0 Å². The zero-order valence-electron chi connectivity index (χ0n) is 11.3. The van der Waals surface area contributed by atoms with Crippen LogP contribution in [0.3, 0.4) is 0 Å². The fraction of sp³-hybridized carbons (Fsp3) is 0.909. The van der Waals surface area contributed by atoms with Crippen LogP contribution in [0.2, 0.25) is 0 Å². The molecule has 0 rings (SSSR count). The Kier molecular flexibility index (Phi) is 9.41. The number of halogens is 4. The highest BCUT2D eigenvalue weighted by Crippen LogP contribution is 2.16. The maximum absolute atomic E-state index is 11.8. The van der Waals surface area contributed by atoms with E-state index in [9.17, 15) is 18.0 Å². The molecule has 0 radical (unpaired) electrons. The molecular weight excluding hydrogens is 285 g/mol. The molecule has 1 amide bonds. The number of amides is 1. The van der Waals surface area contributed by atoms with Crippen molar-refractivity contribution < 1.29 is 22.7 Å². The van der Waals surface area contributed by atoms with E-state index in [0.717, 1.165) is 0 Å². The first-order chi connectivity index (χ1) is 8.08. The second-order valence-corrected chi connectivity index (χ2v) is 5.02. The molecule has 0 spiro atoms. The molecule has 0 saturated heterocycles.